The van der Waals surface area contributed by atoms with Crippen LogP contribution >= 0.6 is 0 Å². The predicted octanol–water partition coefficient (Wildman–Crippen LogP) is -0.583. The van der Waals surface area contributed by atoms with E-state index in [-0.39, 0.29) is 18.4 Å². The minimum Gasteiger partial charge on any atom is -0.353 e. The Morgan fingerprint density at radius 3 is 3.06 bits per heavy atom. The lowest BCUT2D eigenvalue weighted by atomic mass is 10.2. The molecule has 2 heterocycles. The van der Waals surface area contributed by atoms with Crippen LogP contribution in [-0.2, 0) is 9.59 Å². The lowest BCUT2D eigenvalue weighted by Crippen LogP contribution is -2.56. The van der Waals surface area contributed by atoms with Crippen molar-refractivity contribution in [2.75, 3.05) is 18.4 Å². The molecule has 0 aliphatic carbocycles. The molecule has 1 aliphatic rings. The standard InChI is InChI=1S/C11H14N4O2/c1-7-2-3-12-4-8(7)15-11(17)9-5-14-10(16)6-13-9/h2-4,9,13H,5-6H2,1H3,(H,14,16)(H,15,17). The Balaban J connectivity index is 1.98. The highest BCUT2D eigenvalue weighted by Crippen LogP contribution is 2.11. The molecule has 1 unspecified atom stereocenters. The largest absolute Gasteiger partial charge is 0.353 e. The van der Waals surface area contributed by atoms with Crippen molar-refractivity contribution in [1.29, 1.82) is 0 Å². The fraction of sp³-hybridized carbons (Fsp3) is 0.364. The number of aryl methyl sites for hydroxylation is 1. The number of rotatable bonds is 2. The van der Waals surface area contributed by atoms with Gasteiger partial charge in [-0.3, -0.25) is 19.9 Å². The van der Waals surface area contributed by atoms with Crippen LogP contribution in [-0.4, -0.2) is 35.9 Å². The molecular formula is C11H14N4O2. The normalized spacial score (nSPS) is 19.6. The van der Waals surface area contributed by atoms with Crippen LogP contribution in [0.4, 0.5) is 5.69 Å². The van der Waals surface area contributed by atoms with E-state index in [9.17, 15) is 9.59 Å². The van der Waals surface area contributed by atoms with E-state index in [1.54, 1.807) is 12.4 Å². The molecule has 0 aromatic carbocycles. The van der Waals surface area contributed by atoms with Crippen molar-refractivity contribution >= 4 is 17.5 Å². The number of piperazine rings is 1. The molecule has 1 aliphatic heterocycles. The highest BCUT2D eigenvalue weighted by molar-refractivity contribution is 5.96. The Labute approximate surface area is 98.8 Å². The molecule has 1 atom stereocenters. The molecule has 0 spiro atoms. The highest BCUT2D eigenvalue weighted by atomic mass is 16.2. The molecule has 6 heteroatoms. The maximum absolute atomic E-state index is 11.9. The topological polar surface area (TPSA) is 83.1 Å². The summed E-state index contributed by atoms with van der Waals surface area (Å²) in [5.74, 6) is -0.257. The summed E-state index contributed by atoms with van der Waals surface area (Å²) < 4.78 is 0. The molecule has 1 aromatic heterocycles. The van der Waals surface area contributed by atoms with E-state index in [0.29, 0.717) is 12.2 Å². The number of anilines is 1. The third-order valence-electron chi connectivity index (χ3n) is 2.63. The average Bonchev–Trinajstić information content (AvgIpc) is 2.33. The van der Waals surface area contributed by atoms with Gasteiger partial charge in [-0.2, -0.15) is 0 Å². The third-order valence-corrected chi connectivity index (χ3v) is 2.63. The Morgan fingerprint density at radius 1 is 1.59 bits per heavy atom. The van der Waals surface area contributed by atoms with Crippen molar-refractivity contribution in [3.63, 3.8) is 0 Å². The van der Waals surface area contributed by atoms with Crippen molar-refractivity contribution in [2.24, 2.45) is 0 Å². The summed E-state index contributed by atoms with van der Waals surface area (Å²) in [5, 5.41) is 8.28. The van der Waals surface area contributed by atoms with Crippen LogP contribution in [0.15, 0.2) is 18.5 Å². The smallest absolute Gasteiger partial charge is 0.243 e. The number of hydrogen-bond acceptors (Lipinski definition) is 4. The zero-order valence-electron chi connectivity index (χ0n) is 9.49. The highest BCUT2D eigenvalue weighted by Gasteiger charge is 2.23. The predicted molar refractivity (Wildman–Crippen MR) is 62.4 cm³/mol. The maximum atomic E-state index is 11.9. The summed E-state index contributed by atoms with van der Waals surface area (Å²) in [5.41, 5.74) is 1.64. The minimum absolute atomic E-state index is 0.0911. The Hall–Kier alpha value is -1.95. The molecule has 17 heavy (non-hydrogen) atoms. The van der Waals surface area contributed by atoms with Gasteiger partial charge in [0.1, 0.15) is 6.04 Å². The number of carbonyl (C=O) groups excluding carboxylic acids is 2. The number of aromatic nitrogens is 1. The second-order valence-corrected chi connectivity index (χ2v) is 3.92. The van der Waals surface area contributed by atoms with Crippen LogP contribution in [0.25, 0.3) is 0 Å². The van der Waals surface area contributed by atoms with Gasteiger partial charge in [-0.15, -0.1) is 0 Å². The molecule has 0 radical (unpaired) electrons. The van der Waals surface area contributed by atoms with E-state index in [1.807, 2.05) is 13.0 Å². The van der Waals surface area contributed by atoms with Gasteiger partial charge in [-0.05, 0) is 18.6 Å². The first-order valence-electron chi connectivity index (χ1n) is 5.38. The van der Waals surface area contributed by atoms with Crippen LogP contribution in [0.1, 0.15) is 5.56 Å². The molecule has 1 fully saturated rings. The number of nitrogens with one attached hydrogen (secondary N) is 3. The van der Waals surface area contributed by atoms with E-state index in [0.717, 1.165) is 5.56 Å². The van der Waals surface area contributed by atoms with Crippen LogP contribution in [0.2, 0.25) is 0 Å². The van der Waals surface area contributed by atoms with Crippen molar-refractivity contribution < 1.29 is 9.59 Å². The van der Waals surface area contributed by atoms with Crippen molar-refractivity contribution in [2.45, 2.75) is 13.0 Å². The van der Waals surface area contributed by atoms with E-state index < -0.39 is 6.04 Å². The quantitative estimate of drug-likeness (QED) is 0.639. The van der Waals surface area contributed by atoms with E-state index in [2.05, 4.69) is 20.9 Å². The summed E-state index contributed by atoms with van der Waals surface area (Å²) >= 11 is 0. The molecule has 2 amide bonds. The van der Waals surface area contributed by atoms with Crippen molar-refractivity contribution in [3.05, 3.63) is 24.0 Å². The van der Waals surface area contributed by atoms with Gasteiger partial charge >= 0.3 is 0 Å². The van der Waals surface area contributed by atoms with Gasteiger partial charge in [0.2, 0.25) is 11.8 Å². The lowest BCUT2D eigenvalue weighted by Gasteiger charge is -2.23. The van der Waals surface area contributed by atoms with Gasteiger partial charge in [-0.1, -0.05) is 0 Å². The lowest BCUT2D eigenvalue weighted by molar-refractivity contribution is -0.124. The van der Waals surface area contributed by atoms with Crippen LogP contribution in [0.3, 0.4) is 0 Å². The molecule has 1 aromatic rings. The summed E-state index contributed by atoms with van der Waals surface area (Å²) in [7, 11) is 0. The van der Waals surface area contributed by atoms with Gasteiger partial charge in [-0.25, -0.2) is 0 Å². The molecule has 3 N–H and O–H groups in total. The Bertz CT molecular complexity index is 437. The first-order valence-corrected chi connectivity index (χ1v) is 5.38. The fourth-order valence-electron chi connectivity index (χ4n) is 1.57. The SMILES string of the molecule is Cc1ccncc1NC(=O)C1CNC(=O)CN1. The minimum atomic E-state index is -0.396. The van der Waals surface area contributed by atoms with Crippen LogP contribution in [0, 0.1) is 6.92 Å². The number of amides is 2. The van der Waals surface area contributed by atoms with E-state index in [4.69, 9.17) is 0 Å². The first kappa shape index (κ1) is 11.5. The third kappa shape index (κ3) is 2.79. The second-order valence-electron chi connectivity index (χ2n) is 3.92. The first-order chi connectivity index (χ1) is 8.16. The van der Waals surface area contributed by atoms with Gasteiger partial charge in [0.25, 0.3) is 0 Å². The Kier molecular flexibility index (Phi) is 3.34. The van der Waals surface area contributed by atoms with E-state index in [1.165, 1.54) is 0 Å². The number of pyridine rings is 1. The van der Waals surface area contributed by atoms with Crippen LogP contribution in [0.5, 0.6) is 0 Å². The molecule has 0 bridgehead atoms. The number of hydrogen-bond donors (Lipinski definition) is 3. The summed E-state index contributed by atoms with van der Waals surface area (Å²) in [6, 6.07) is 1.43. The van der Waals surface area contributed by atoms with Gasteiger partial charge in [0, 0.05) is 12.7 Å². The average molecular weight is 234 g/mol. The molecular weight excluding hydrogens is 220 g/mol. The molecule has 1 saturated heterocycles. The zero-order chi connectivity index (χ0) is 12.3. The van der Waals surface area contributed by atoms with E-state index >= 15 is 0 Å². The van der Waals surface area contributed by atoms with Crippen LogP contribution < -0.4 is 16.0 Å². The number of carbonyl (C=O) groups is 2. The molecule has 0 saturated carbocycles. The van der Waals surface area contributed by atoms with Gasteiger partial charge in [0.15, 0.2) is 0 Å². The monoisotopic (exact) mass is 234 g/mol. The van der Waals surface area contributed by atoms with Crippen molar-refractivity contribution in [1.82, 2.24) is 15.6 Å². The summed E-state index contributed by atoms with van der Waals surface area (Å²) in [6.07, 6.45) is 3.28. The number of nitrogens with zero attached hydrogens (tertiary/aromatic N) is 1. The molecule has 2 rings (SSSR count). The Morgan fingerprint density at radius 2 is 2.41 bits per heavy atom. The summed E-state index contributed by atoms with van der Waals surface area (Å²) in [6.45, 7) is 2.38. The van der Waals surface area contributed by atoms with Crippen molar-refractivity contribution in [3.8, 4) is 0 Å². The molecule has 6 nitrogen and oxygen atoms in total. The van der Waals surface area contributed by atoms with Gasteiger partial charge < -0.3 is 10.6 Å². The zero-order valence-corrected chi connectivity index (χ0v) is 9.49. The maximum Gasteiger partial charge on any atom is 0.243 e. The molecule has 90 valence electrons. The second kappa shape index (κ2) is 4.92. The van der Waals surface area contributed by atoms with Gasteiger partial charge in [0.05, 0.1) is 18.4 Å². The fourth-order valence-corrected chi connectivity index (χ4v) is 1.57. The summed E-state index contributed by atoms with van der Waals surface area (Å²) in [4.78, 5) is 26.8.